The third kappa shape index (κ3) is 5.29. The van der Waals surface area contributed by atoms with Crippen LogP contribution in [-0.4, -0.2) is 37.9 Å². The van der Waals surface area contributed by atoms with Crippen LogP contribution in [0.2, 0.25) is 5.02 Å². The largest absolute Gasteiger partial charge is 0.412 e. The zero-order chi connectivity index (χ0) is 21.8. The zero-order valence-corrected chi connectivity index (χ0v) is 17.3. The lowest BCUT2D eigenvalue weighted by Crippen LogP contribution is -2.38. The number of hydrogen-bond donors (Lipinski definition) is 1. The Kier molecular flexibility index (Phi) is 7.31. The number of nitrogens with zero attached hydrogens (tertiary/aromatic N) is 1. The van der Waals surface area contributed by atoms with E-state index in [1.54, 1.807) is 19.9 Å². The molecule has 0 radical (unpaired) electrons. The van der Waals surface area contributed by atoms with Crippen molar-refractivity contribution >= 4 is 27.5 Å². The molecule has 1 amide bonds. The van der Waals surface area contributed by atoms with E-state index in [0.717, 1.165) is 10.4 Å². The molecule has 158 valence electrons. The minimum absolute atomic E-state index is 0.121. The van der Waals surface area contributed by atoms with Crippen LogP contribution in [0.3, 0.4) is 0 Å². The van der Waals surface area contributed by atoms with Gasteiger partial charge in [0.2, 0.25) is 10.0 Å². The van der Waals surface area contributed by atoms with Crippen molar-refractivity contribution in [3.63, 3.8) is 0 Å². The Hall–Kier alpha value is -2.10. The molecular weight excluding hydrogens is 429 g/mol. The van der Waals surface area contributed by atoms with Crippen molar-refractivity contribution in [2.24, 2.45) is 0 Å². The molecule has 0 bridgehead atoms. The van der Waals surface area contributed by atoms with Crippen LogP contribution in [0.15, 0.2) is 53.4 Å². The molecule has 5 nitrogen and oxygen atoms in total. The van der Waals surface area contributed by atoms with Crippen LogP contribution in [0.1, 0.15) is 35.8 Å². The van der Waals surface area contributed by atoms with Gasteiger partial charge in [0.05, 0.1) is 5.02 Å². The normalized spacial score (nSPS) is 13.3. The van der Waals surface area contributed by atoms with E-state index >= 15 is 0 Å². The fourth-order valence-electron chi connectivity index (χ4n) is 2.76. The lowest BCUT2D eigenvalue weighted by atomic mass is 10.1. The van der Waals surface area contributed by atoms with Gasteiger partial charge in [0.25, 0.3) is 5.91 Å². The van der Waals surface area contributed by atoms with Crippen molar-refractivity contribution in [1.29, 1.82) is 0 Å². The van der Waals surface area contributed by atoms with E-state index < -0.39 is 28.1 Å². The summed E-state index contributed by atoms with van der Waals surface area (Å²) in [6.07, 6.45) is -4.74. The number of nitrogens with one attached hydrogen (secondary N) is 1. The van der Waals surface area contributed by atoms with Crippen LogP contribution in [-0.2, 0) is 10.0 Å². The summed E-state index contributed by atoms with van der Waals surface area (Å²) in [5.41, 5.74) is -0.386. The highest BCUT2D eigenvalue weighted by Gasteiger charge is 2.42. The molecule has 0 saturated carbocycles. The summed E-state index contributed by atoms with van der Waals surface area (Å²) in [7, 11) is -4.00. The maximum Gasteiger partial charge on any atom is 0.412 e. The fraction of sp³-hybridized carbons (Fsp3) is 0.316. The average molecular weight is 449 g/mol. The molecule has 2 aromatic carbocycles. The topological polar surface area (TPSA) is 66.5 Å². The molecule has 0 heterocycles. The molecule has 0 aliphatic rings. The van der Waals surface area contributed by atoms with Crippen LogP contribution in [0.4, 0.5) is 13.2 Å². The Morgan fingerprint density at radius 1 is 1.10 bits per heavy atom. The molecule has 1 N–H and O–H groups in total. The first-order valence-electron chi connectivity index (χ1n) is 8.74. The first kappa shape index (κ1) is 23.2. The molecule has 0 spiro atoms. The number of halogens is 4. The van der Waals surface area contributed by atoms with Gasteiger partial charge >= 0.3 is 6.18 Å². The number of carbonyl (C=O) groups is 1. The van der Waals surface area contributed by atoms with Crippen molar-refractivity contribution in [3.8, 4) is 0 Å². The van der Waals surface area contributed by atoms with Gasteiger partial charge in [-0.15, -0.1) is 0 Å². The van der Waals surface area contributed by atoms with Crippen molar-refractivity contribution < 1.29 is 26.4 Å². The van der Waals surface area contributed by atoms with Crippen LogP contribution in [0.25, 0.3) is 0 Å². The third-order valence-corrected chi connectivity index (χ3v) is 6.78. The van der Waals surface area contributed by atoms with Gasteiger partial charge in [-0.2, -0.15) is 17.5 Å². The predicted molar refractivity (Wildman–Crippen MR) is 104 cm³/mol. The highest BCUT2D eigenvalue weighted by Crippen LogP contribution is 2.33. The summed E-state index contributed by atoms with van der Waals surface area (Å²) >= 11 is 6.00. The van der Waals surface area contributed by atoms with Gasteiger partial charge in [-0.05, 0) is 23.8 Å². The first-order valence-corrected chi connectivity index (χ1v) is 10.6. The number of hydrogen-bond acceptors (Lipinski definition) is 3. The monoisotopic (exact) mass is 448 g/mol. The molecular formula is C19H20ClF3N2O3S. The lowest BCUT2D eigenvalue weighted by molar-refractivity contribution is -0.155. The minimum Gasteiger partial charge on any atom is -0.337 e. The van der Waals surface area contributed by atoms with Gasteiger partial charge < -0.3 is 5.32 Å². The maximum absolute atomic E-state index is 13.5. The zero-order valence-electron chi connectivity index (χ0n) is 15.7. The third-order valence-electron chi connectivity index (χ3n) is 4.25. The second kappa shape index (κ2) is 9.15. The maximum atomic E-state index is 13.5. The quantitative estimate of drug-likeness (QED) is 0.682. The SMILES string of the molecule is CCN(CC)S(=O)(=O)c1cc(C(=O)N[C@H](c2ccccc2)C(F)(F)F)ccc1Cl. The van der Waals surface area contributed by atoms with Crippen molar-refractivity contribution in [3.05, 3.63) is 64.7 Å². The van der Waals surface area contributed by atoms with Crippen molar-refractivity contribution in [2.45, 2.75) is 31.0 Å². The molecule has 0 saturated heterocycles. The summed E-state index contributed by atoms with van der Waals surface area (Å²) in [6.45, 7) is 3.63. The highest BCUT2D eigenvalue weighted by molar-refractivity contribution is 7.89. The molecule has 0 aromatic heterocycles. The minimum atomic E-state index is -4.74. The second-order valence-electron chi connectivity index (χ2n) is 6.09. The molecule has 0 unspecified atom stereocenters. The summed E-state index contributed by atoms with van der Waals surface area (Å²) < 4.78 is 67.0. The summed E-state index contributed by atoms with van der Waals surface area (Å²) in [4.78, 5) is 12.2. The lowest BCUT2D eigenvalue weighted by Gasteiger charge is -2.23. The Morgan fingerprint density at radius 2 is 1.69 bits per heavy atom. The first-order chi connectivity index (χ1) is 13.5. The predicted octanol–water partition coefficient (Wildman–Crippen LogP) is 4.40. The second-order valence-corrected chi connectivity index (χ2v) is 8.41. The molecule has 2 aromatic rings. The van der Waals surface area contributed by atoms with E-state index in [-0.39, 0.29) is 34.1 Å². The number of alkyl halides is 3. The van der Waals surface area contributed by atoms with Gasteiger partial charge in [0.15, 0.2) is 6.04 Å². The number of rotatable bonds is 7. The highest BCUT2D eigenvalue weighted by atomic mass is 35.5. The summed E-state index contributed by atoms with van der Waals surface area (Å²) in [5, 5.41) is 1.81. The fourth-order valence-corrected chi connectivity index (χ4v) is 4.72. The van der Waals surface area contributed by atoms with Crippen molar-refractivity contribution in [2.75, 3.05) is 13.1 Å². The van der Waals surface area contributed by atoms with Crippen LogP contribution >= 0.6 is 11.6 Å². The number of amides is 1. The van der Waals surface area contributed by atoms with Crippen LogP contribution < -0.4 is 5.32 Å². The average Bonchev–Trinajstić information content (AvgIpc) is 2.66. The Balaban J connectivity index is 2.41. The smallest absolute Gasteiger partial charge is 0.337 e. The van der Waals surface area contributed by atoms with Gasteiger partial charge in [0.1, 0.15) is 4.90 Å². The molecule has 10 heteroatoms. The Bertz CT molecular complexity index is 962. The van der Waals surface area contributed by atoms with Crippen LogP contribution in [0.5, 0.6) is 0 Å². The standard InChI is InChI=1S/C19H20ClF3N2O3S/c1-3-25(4-2)29(27,28)16-12-14(10-11-15(16)20)18(26)24-17(19(21,22)23)13-8-6-5-7-9-13/h5-12,17H,3-4H2,1-2H3,(H,24,26)/t17-/m1/s1. The number of carbonyl (C=O) groups excluding carboxylic acids is 1. The van der Waals surface area contributed by atoms with Crippen LogP contribution in [0, 0.1) is 0 Å². The van der Waals surface area contributed by atoms with E-state index in [0.29, 0.717) is 0 Å². The Labute approximate surface area is 172 Å². The van der Waals surface area contributed by atoms with Gasteiger partial charge in [-0.25, -0.2) is 8.42 Å². The van der Waals surface area contributed by atoms with E-state index in [1.165, 1.54) is 36.4 Å². The van der Waals surface area contributed by atoms with E-state index in [9.17, 15) is 26.4 Å². The molecule has 2 rings (SSSR count). The molecule has 29 heavy (non-hydrogen) atoms. The number of benzene rings is 2. The van der Waals surface area contributed by atoms with E-state index in [4.69, 9.17) is 11.6 Å². The number of sulfonamides is 1. The molecule has 0 fully saturated rings. The summed E-state index contributed by atoms with van der Waals surface area (Å²) in [6, 6.07) is 8.01. The Morgan fingerprint density at radius 3 is 2.21 bits per heavy atom. The molecule has 0 aliphatic carbocycles. The molecule has 0 aliphatic heterocycles. The molecule has 1 atom stereocenters. The summed E-state index contributed by atoms with van der Waals surface area (Å²) in [5.74, 6) is -1.07. The van der Waals surface area contributed by atoms with Gasteiger partial charge in [-0.1, -0.05) is 55.8 Å². The van der Waals surface area contributed by atoms with Gasteiger partial charge in [-0.3, -0.25) is 4.79 Å². The van der Waals surface area contributed by atoms with E-state index in [2.05, 4.69) is 0 Å². The van der Waals surface area contributed by atoms with Crippen molar-refractivity contribution in [1.82, 2.24) is 9.62 Å². The van der Waals surface area contributed by atoms with Gasteiger partial charge in [0, 0.05) is 18.7 Å². The van der Waals surface area contributed by atoms with E-state index in [1.807, 2.05) is 5.32 Å².